The monoisotopic (exact) mass is 850 g/mol. The number of aromatic nitrogens is 4. The zero-order valence-corrected chi connectivity index (χ0v) is 31.9. The summed E-state index contributed by atoms with van der Waals surface area (Å²) in [5, 5.41) is 0. The quantitative estimate of drug-likeness (QED) is 0.166. The zero-order valence-electron chi connectivity index (χ0n) is 27.9. The first-order valence-corrected chi connectivity index (χ1v) is 16.2. The summed E-state index contributed by atoms with van der Waals surface area (Å²) in [6.07, 6.45) is 3.98. The van der Waals surface area contributed by atoms with Crippen LogP contribution in [0.2, 0.25) is 0 Å². The van der Waals surface area contributed by atoms with E-state index in [4.69, 9.17) is 9.97 Å². The van der Waals surface area contributed by atoms with Crippen molar-refractivity contribution in [2.75, 3.05) is 0 Å². The number of benzene rings is 4. The van der Waals surface area contributed by atoms with E-state index in [1.54, 1.807) is 0 Å². The van der Waals surface area contributed by atoms with Crippen molar-refractivity contribution in [3.63, 3.8) is 0 Å². The molecule has 0 aliphatic heterocycles. The Morgan fingerprint density at radius 1 is 0.609 bits per heavy atom. The van der Waals surface area contributed by atoms with E-state index in [0.717, 1.165) is 38.6 Å². The predicted octanol–water partition coefficient (Wildman–Crippen LogP) is 10.9. The van der Waals surface area contributed by atoms with Crippen LogP contribution < -0.4 is 0 Å². The maximum atomic E-state index is 4.76. The number of imidazole rings is 2. The summed E-state index contributed by atoms with van der Waals surface area (Å²) in [5.74, 6) is 1.91. The third-order valence-electron chi connectivity index (χ3n) is 7.65. The summed E-state index contributed by atoms with van der Waals surface area (Å²) in [6, 6.07) is 36.7. The van der Waals surface area contributed by atoms with E-state index in [-0.39, 0.29) is 30.9 Å². The van der Waals surface area contributed by atoms with Crippen LogP contribution >= 0.6 is 15.9 Å². The van der Waals surface area contributed by atoms with Crippen LogP contribution in [-0.4, -0.2) is 19.1 Å². The van der Waals surface area contributed by atoms with Crippen molar-refractivity contribution < 1.29 is 20.1 Å². The predicted molar refractivity (Wildman–Crippen MR) is 191 cm³/mol. The number of hydrogen-bond donors (Lipinski definition) is 0. The molecule has 4 aromatic carbocycles. The second-order valence-electron chi connectivity index (χ2n) is 13.5. The Labute approximate surface area is 296 Å². The van der Waals surface area contributed by atoms with Gasteiger partial charge in [-0.25, -0.2) is 4.98 Å². The molecule has 6 aromatic rings. The van der Waals surface area contributed by atoms with Crippen LogP contribution in [-0.2, 0) is 30.9 Å². The average molecular weight is 851 g/mol. The molecule has 0 saturated heterocycles. The molecule has 239 valence electrons. The summed E-state index contributed by atoms with van der Waals surface area (Å²) in [6.45, 7) is 17.5. The Hall–Kier alpha value is -3.57. The van der Waals surface area contributed by atoms with Crippen LogP contribution in [0.3, 0.4) is 0 Å². The van der Waals surface area contributed by atoms with E-state index in [2.05, 4.69) is 165 Å². The molecule has 4 nitrogen and oxygen atoms in total. The van der Waals surface area contributed by atoms with Gasteiger partial charge in [0.05, 0.1) is 5.82 Å². The van der Waals surface area contributed by atoms with Crippen molar-refractivity contribution in [2.24, 2.45) is 0 Å². The van der Waals surface area contributed by atoms with E-state index >= 15 is 0 Å². The molecule has 0 atom stereocenters. The molecule has 0 amide bonds. The second kappa shape index (κ2) is 14.5. The normalized spacial score (nSPS) is 11.4. The summed E-state index contributed by atoms with van der Waals surface area (Å²) < 4.78 is 5.57. The van der Waals surface area contributed by atoms with E-state index in [9.17, 15) is 0 Å². The fourth-order valence-electron chi connectivity index (χ4n) is 5.34. The second-order valence-corrected chi connectivity index (χ2v) is 14.4. The molecule has 0 spiro atoms. The minimum atomic E-state index is 0. The van der Waals surface area contributed by atoms with Gasteiger partial charge in [-0.3, -0.25) is 9.55 Å². The maximum Gasteiger partial charge on any atom is 0.145 e. The topological polar surface area (TPSA) is 35.6 Å². The molecule has 0 aliphatic rings. The molecule has 6 rings (SSSR count). The number of aryl methyl sites for hydroxylation is 2. The van der Waals surface area contributed by atoms with Crippen molar-refractivity contribution in [1.82, 2.24) is 19.1 Å². The van der Waals surface area contributed by atoms with E-state index in [1.807, 2.05) is 30.6 Å². The van der Waals surface area contributed by atoms with Crippen LogP contribution in [0.25, 0.3) is 34.2 Å². The maximum absolute atomic E-state index is 4.76. The Balaban J connectivity index is 0.000000205. The summed E-state index contributed by atoms with van der Waals surface area (Å²) in [7, 11) is 0. The molecular weight excluding hydrogens is 809 g/mol. The molecule has 0 bridgehead atoms. The first kappa shape index (κ1) is 35.3. The van der Waals surface area contributed by atoms with Gasteiger partial charge < -0.3 is 4.57 Å². The molecule has 0 N–H and O–H groups in total. The first-order chi connectivity index (χ1) is 21.3. The molecule has 1 radical (unpaired) electrons. The molecule has 6 heteroatoms. The van der Waals surface area contributed by atoms with Crippen molar-refractivity contribution >= 4 is 15.9 Å². The number of hydrogen-bond acceptors (Lipinski definition) is 2. The Morgan fingerprint density at radius 3 is 1.59 bits per heavy atom. The van der Waals surface area contributed by atoms with Crippen LogP contribution in [0.5, 0.6) is 0 Å². The molecule has 2 heterocycles. The number of halogens is 1. The molecule has 0 unspecified atom stereocenters. The first-order valence-electron chi connectivity index (χ1n) is 15.4. The van der Waals surface area contributed by atoms with Gasteiger partial charge in [0.15, 0.2) is 0 Å². The third kappa shape index (κ3) is 7.86. The van der Waals surface area contributed by atoms with Crippen LogP contribution in [0, 0.1) is 19.9 Å². The number of nitrogens with zero attached hydrogens (tertiary/aromatic N) is 4. The van der Waals surface area contributed by atoms with E-state index in [1.165, 1.54) is 22.5 Å². The molecular formula is C40H42BrIrN4-. The van der Waals surface area contributed by atoms with Gasteiger partial charge in [-0.05, 0) is 43.3 Å². The average Bonchev–Trinajstić information content (AvgIpc) is 3.66. The fourth-order valence-corrected chi connectivity index (χ4v) is 5.76. The van der Waals surface area contributed by atoms with Gasteiger partial charge in [0, 0.05) is 76.1 Å². The van der Waals surface area contributed by atoms with Crippen molar-refractivity contribution in [3.8, 4) is 34.2 Å². The SMILES string of the molecule is Cc1cc[c-]c(-c2ncc(C(C)(C)C)n2-c2ccccc2)c1.Cc1ccc(Br)c(-c2ncc(C(C)(C)C)n2-c2ccccc2)c1.[Ir]. The Morgan fingerprint density at radius 2 is 1.09 bits per heavy atom. The van der Waals surface area contributed by atoms with Crippen molar-refractivity contribution in [1.29, 1.82) is 0 Å². The van der Waals surface area contributed by atoms with Crippen LogP contribution in [0.4, 0.5) is 0 Å². The Bertz CT molecular complexity index is 1890. The number of para-hydroxylation sites is 2. The molecule has 0 fully saturated rings. The van der Waals surface area contributed by atoms with Crippen molar-refractivity contribution in [2.45, 2.75) is 66.2 Å². The minimum Gasteiger partial charge on any atom is -0.337 e. The summed E-state index contributed by atoms with van der Waals surface area (Å²) >= 11 is 3.68. The largest absolute Gasteiger partial charge is 0.337 e. The Kier molecular flexibility index (Phi) is 11.1. The van der Waals surface area contributed by atoms with Crippen LogP contribution in [0.15, 0.2) is 114 Å². The smallest absolute Gasteiger partial charge is 0.145 e. The van der Waals surface area contributed by atoms with Gasteiger partial charge in [0.25, 0.3) is 0 Å². The van der Waals surface area contributed by atoms with Gasteiger partial charge >= 0.3 is 0 Å². The standard InChI is InChI=1S/C20H21BrN2.C20H21N2.Ir/c1-14-10-11-17(21)16(12-14)19-22-13-18(20(2,3)4)23(19)15-8-6-5-7-9-15;1-15-9-8-10-16(13-15)19-21-14-18(20(2,3)4)22(19)17-11-6-5-7-12-17;/h5-13H,1-4H3;5-9,11-14H,1-4H3;/q;-1;. The molecule has 0 aliphatic carbocycles. The minimum absolute atomic E-state index is 0. The van der Waals surface area contributed by atoms with Gasteiger partial charge in [0.1, 0.15) is 5.82 Å². The van der Waals surface area contributed by atoms with Gasteiger partial charge in [-0.15, -0.1) is 35.4 Å². The van der Waals surface area contributed by atoms with E-state index < -0.39 is 0 Å². The molecule has 46 heavy (non-hydrogen) atoms. The fraction of sp³-hybridized carbons (Fsp3) is 0.250. The van der Waals surface area contributed by atoms with Gasteiger partial charge in [-0.1, -0.05) is 112 Å². The zero-order chi connectivity index (χ0) is 32.4. The van der Waals surface area contributed by atoms with Crippen LogP contribution in [0.1, 0.15) is 64.1 Å². The molecule has 2 aromatic heterocycles. The van der Waals surface area contributed by atoms with Gasteiger partial charge in [0.2, 0.25) is 0 Å². The summed E-state index contributed by atoms with van der Waals surface area (Å²) in [5.41, 5.74) is 9.28. The summed E-state index contributed by atoms with van der Waals surface area (Å²) in [4.78, 5) is 9.47. The van der Waals surface area contributed by atoms with Gasteiger partial charge in [-0.2, -0.15) is 0 Å². The van der Waals surface area contributed by atoms with Crippen molar-refractivity contribution in [3.05, 3.63) is 143 Å². The third-order valence-corrected chi connectivity index (χ3v) is 8.34. The molecule has 0 saturated carbocycles. The van der Waals surface area contributed by atoms with E-state index in [0.29, 0.717) is 0 Å². The number of rotatable bonds is 4.